The molecular weight excluding hydrogens is 503 g/mol. The number of halogens is 2. The Labute approximate surface area is 219 Å². The van der Waals surface area contributed by atoms with Crippen LogP contribution >= 0.6 is 22.9 Å². The molecule has 0 radical (unpaired) electrons. The highest BCUT2D eigenvalue weighted by Gasteiger charge is 2.33. The van der Waals surface area contributed by atoms with Crippen molar-refractivity contribution in [1.29, 1.82) is 0 Å². The van der Waals surface area contributed by atoms with Crippen molar-refractivity contribution in [1.82, 2.24) is 9.80 Å². The van der Waals surface area contributed by atoms with Crippen molar-refractivity contribution in [3.05, 3.63) is 86.8 Å². The van der Waals surface area contributed by atoms with E-state index in [9.17, 15) is 14.0 Å². The van der Waals surface area contributed by atoms with Crippen LogP contribution in [0.2, 0.25) is 5.02 Å². The molecule has 1 atom stereocenters. The van der Waals surface area contributed by atoms with Crippen LogP contribution in [0.1, 0.15) is 33.3 Å². The van der Waals surface area contributed by atoms with Gasteiger partial charge in [-0.1, -0.05) is 17.7 Å². The van der Waals surface area contributed by atoms with Crippen LogP contribution in [0.3, 0.4) is 0 Å². The molecular formula is C27H28ClFN2O4S. The zero-order valence-corrected chi connectivity index (χ0v) is 21.6. The number of rotatable bonds is 10. The summed E-state index contributed by atoms with van der Waals surface area (Å²) < 4.78 is 24.4. The fourth-order valence-corrected chi connectivity index (χ4v) is 5.41. The van der Waals surface area contributed by atoms with Gasteiger partial charge in [0.05, 0.1) is 6.04 Å². The Bertz CT molecular complexity index is 1190. The van der Waals surface area contributed by atoms with Gasteiger partial charge < -0.3 is 19.3 Å². The lowest BCUT2D eigenvalue weighted by atomic mass is 10.0. The van der Waals surface area contributed by atoms with E-state index >= 15 is 0 Å². The Morgan fingerprint density at radius 1 is 1.19 bits per heavy atom. The summed E-state index contributed by atoms with van der Waals surface area (Å²) in [6.45, 7) is 1.54. The van der Waals surface area contributed by atoms with Gasteiger partial charge in [0.2, 0.25) is 5.91 Å². The van der Waals surface area contributed by atoms with E-state index in [4.69, 9.17) is 21.1 Å². The monoisotopic (exact) mass is 530 g/mol. The molecule has 0 fully saturated rings. The highest BCUT2D eigenvalue weighted by atomic mass is 35.5. The summed E-state index contributed by atoms with van der Waals surface area (Å²) in [4.78, 5) is 31.5. The van der Waals surface area contributed by atoms with Gasteiger partial charge in [0.1, 0.15) is 24.7 Å². The lowest BCUT2D eigenvalue weighted by Crippen LogP contribution is -2.48. The molecule has 1 aromatic heterocycles. The highest BCUT2D eigenvalue weighted by Crippen LogP contribution is 2.34. The summed E-state index contributed by atoms with van der Waals surface area (Å²) in [7, 11) is 1.60. The van der Waals surface area contributed by atoms with E-state index in [-0.39, 0.29) is 36.8 Å². The standard InChI is InChI=1S/C27H28ClFN2O4S/c1-34-14-3-12-30(27(33)19-4-2-5-20(28)16-19)17-26(32)31-13-10-25-23(11-15-36-25)24(31)18-35-22-8-6-21(29)7-9-22/h2,4-9,11,15-16,24H,3,10,12-14,17-18H2,1H3/t24-/m0/s1. The van der Waals surface area contributed by atoms with Gasteiger partial charge in [-0.15, -0.1) is 11.3 Å². The summed E-state index contributed by atoms with van der Waals surface area (Å²) in [6, 6.07) is 14.3. The minimum atomic E-state index is -0.338. The molecule has 0 unspecified atom stereocenters. The first kappa shape index (κ1) is 26.1. The first-order valence-corrected chi connectivity index (χ1v) is 13.0. The Morgan fingerprint density at radius 3 is 2.75 bits per heavy atom. The number of carbonyl (C=O) groups excluding carboxylic acids is 2. The molecule has 6 nitrogen and oxygen atoms in total. The van der Waals surface area contributed by atoms with Crippen LogP contribution in [0, 0.1) is 5.82 Å². The maximum Gasteiger partial charge on any atom is 0.254 e. The summed E-state index contributed by atoms with van der Waals surface area (Å²) in [5, 5.41) is 2.48. The van der Waals surface area contributed by atoms with E-state index in [0.29, 0.717) is 42.5 Å². The van der Waals surface area contributed by atoms with Crippen molar-refractivity contribution in [3.8, 4) is 5.75 Å². The number of hydrogen-bond donors (Lipinski definition) is 0. The van der Waals surface area contributed by atoms with Gasteiger partial charge in [-0.25, -0.2) is 4.39 Å². The van der Waals surface area contributed by atoms with E-state index < -0.39 is 0 Å². The molecule has 1 aliphatic heterocycles. The molecule has 2 aromatic carbocycles. The predicted octanol–water partition coefficient (Wildman–Crippen LogP) is 5.22. The topological polar surface area (TPSA) is 59.1 Å². The number of fused-ring (bicyclic) bond motifs is 1. The lowest BCUT2D eigenvalue weighted by molar-refractivity contribution is -0.135. The maximum atomic E-state index is 13.6. The fourth-order valence-electron chi connectivity index (χ4n) is 4.29. The predicted molar refractivity (Wildman–Crippen MR) is 138 cm³/mol. The smallest absolute Gasteiger partial charge is 0.254 e. The molecule has 0 aliphatic carbocycles. The van der Waals surface area contributed by atoms with Crippen molar-refractivity contribution >= 4 is 34.8 Å². The first-order chi connectivity index (χ1) is 17.5. The third-order valence-electron chi connectivity index (χ3n) is 6.10. The zero-order chi connectivity index (χ0) is 25.5. The SMILES string of the molecule is COCCCN(CC(=O)N1CCc2sccc2[C@@H]1COc1ccc(F)cc1)C(=O)c1cccc(Cl)c1. The van der Waals surface area contributed by atoms with Crippen LogP contribution in [0.5, 0.6) is 5.75 Å². The van der Waals surface area contributed by atoms with E-state index in [0.717, 1.165) is 12.0 Å². The molecule has 190 valence electrons. The van der Waals surface area contributed by atoms with Gasteiger partial charge in [0, 0.05) is 42.3 Å². The second-order valence-electron chi connectivity index (χ2n) is 8.50. The summed E-state index contributed by atoms with van der Waals surface area (Å²) in [5.41, 5.74) is 1.48. The summed E-state index contributed by atoms with van der Waals surface area (Å²) in [6.07, 6.45) is 1.35. The van der Waals surface area contributed by atoms with Gasteiger partial charge in [-0.05, 0) is 72.3 Å². The number of thiophene rings is 1. The van der Waals surface area contributed by atoms with Crippen molar-refractivity contribution in [2.45, 2.75) is 18.9 Å². The van der Waals surface area contributed by atoms with E-state index in [1.165, 1.54) is 17.0 Å². The molecule has 36 heavy (non-hydrogen) atoms. The molecule has 4 rings (SSSR count). The van der Waals surface area contributed by atoms with Gasteiger partial charge in [0.15, 0.2) is 0 Å². The second-order valence-corrected chi connectivity index (χ2v) is 9.94. The normalized spacial score (nSPS) is 14.9. The van der Waals surface area contributed by atoms with Crippen LogP contribution < -0.4 is 4.74 Å². The van der Waals surface area contributed by atoms with Crippen LogP contribution in [0.15, 0.2) is 60.0 Å². The Hall–Kier alpha value is -2.94. The van der Waals surface area contributed by atoms with Crippen molar-refractivity contribution in [3.63, 3.8) is 0 Å². The molecule has 2 heterocycles. The number of hydrogen-bond acceptors (Lipinski definition) is 5. The molecule has 9 heteroatoms. The van der Waals surface area contributed by atoms with Crippen LogP contribution in [0.4, 0.5) is 4.39 Å². The van der Waals surface area contributed by atoms with Crippen LogP contribution in [-0.4, -0.2) is 61.6 Å². The van der Waals surface area contributed by atoms with Gasteiger partial charge in [-0.3, -0.25) is 9.59 Å². The van der Waals surface area contributed by atoms with Gasteiger partial charge >= 0.3 is 0 Å². The minimum absolute atomic E-state index is 0.0679. The Kier molecular flexibility index (Phi) is 8.96. The average molecular weight is 531 g/mol. The molecule has 1 aliphatic rings. The van der Waals surface area contributed by atoms with E-state index in [1.54, 1.807) is 64.6 Å². The first-order valence-electron chi connectivity index (χ1n) is 11.7. The number of carbonyl (C=O) groups is 2. The van der Waals surface area contributed by atoms with Crippen LogP contribution in [0.25, 0.3) is 0 Å². The maximum absolute atomic E-state index is 13.6. The van der Waals surface area contributed by atoms with Crippen molar-refractivity contribution in [2.75, 3.05) is 40.0 Å². The number of nitrogens with zero attached hydrogens (tertiary/aromatic N) is 2. The molecule has 0 saturated heterocycles. The zero-order valence-electron chi connectivity index (χ0n) is 20.0. The fraction of sp³-hybridized carbons (Fsp3) is 0.333. The van der Waals surface area contributed by atoms with E-state index in [1.807, 2.05) is 11.4 Å². The van der Waals surface area contributed by atoms with E-state index in [2.05, 4.69) is 0 Å². The van der Waals surface area contributed by atoms with Crippen molar-refractivity contribution in [2.24, 2.45) is 0 Å². The number of benzene rings is 2. The third kappa shape index (κ3) is 6.43. The largest absolute Gasteiger partial charge is 0.491 e. The molecule has 0 N–H and O–H groups in total. The molecule has 0 spiro atoms. The molecule has 2 amide bonds. The summed E-state index contributed by atoms with van der Waals surface area (Å²) >= 11 is 7.76. The van der Waals surface area contributed by atoms with Crippen LogP contribution in [-0.2, 0) is 16.0 Å². The Morgan fingerprint density at radius 2 is 2.00 bits per heavy atom. The molecule has 0 bridgehead atoms. The summed E-state index contributed by atoms with van der Waals surface area (Å²) in [5.74, 6) is -0.222. The Balaban J connectivity index is 1.52. The molecule has 3 aromatic rings. The molecule has 0 saturated carbocycles. The number of amides is 2. The number of ether oxygens (including phenoxy) is 2. The van der Waals surface area contributed by atoms with Crippen molar-refractivity contribution < 1.29 is 23.5 Å². The number of methoxy groups -OCH3 is 1. The highest BCUT2D eigenvalue weighted by molar-refractivity contribution is 7.10. The van der Waals surface area contributed by atoms with Gasteiger partial charge in [-0.2, -0.15) is 0 Å². The quantitative estimate of drug-likeness (QED) is 0.337. The third-order valence-corrected chi connectivity index (χ3v) is 7.33. The van der Waals surface area contributed by atoms with Gasteiger partial charge in [0.25, 0.3) is 5.91 Å². The average Bonchev–Trinajstić information content (AvgIpc) is 3.36. The second kappa shape index (κ2) is 12.3. The lowest BCUT2D eigenvalue weighted by Gasteiger charge is -2.37. The minimum Gasteiger partial charge on any atom is -0.491 e.